The molecule has 2 heterocycles. The van der Waals surface area contributed by atoms with E-state index in [1.54, 1.807) is 18.2 Å². The van der Waals surface area contributed by atoms with E-state index in [2.05, 4.69) is 12.2 Å². The Kier molecular flexibility index (Phi) is 8.88. The molecule has 0 unspecified atom stereocenters. The summed E-state index contributed by atoms with van der Waals surface area (Å²) in [4.78, 5) is 23.3. The number of carbonyl (C=O) groups is 1. The zero-order valence-corrected chi connectivity index (χ0v) is 20.7. The Bertz CT molecular complexity index is 835. The van der Waals surface area contributed by atoms with E-state index in [4.69, 9.17) is 9.47 Å². The number of rotatable bonds is 8. The molecule has 0 saturated carbocycles. The minimum atomic E-state index is -2.47. The second-order valence-electron chi connectivity index (χ2n) is 9.91. The van der Waals surface area contributed by atoms with Crippen LogP contribution in [0.15, 0.2) is 24.3 Å². The van der Waals surface area contributed by atoms with Gasteiger partial charge >= 0.3 is 0 Å². The van der Waals surface area contributed by atoms with E-state index in [1.165, 1.54) is 0 Å². The molecule has 0 aliphatic carbocycles. The largest absolute Gasteiger partial charge is 0.432 e. The lowest BCUT2D eigenvalue weighted by Crippen LogP contribution is -2.60. The zero-order valence-electron chi connectivity index (χ0n) is 19.7. The molecule has 192 valence electrons. The third kappa shape index (κ3) is 6.04. The molecule has 10 nitrogen and oxygen atoms in total. The van der Waals surface area contributed by atoms with Crippen LogP contribution in [0.2, 0.25) is 18.6 Å². The van der Waals surface area contributed by atoms with Crippen molar-refractivity contribution < 1.29 is 44.6 Å². The van der Waals surface area contributed by atoms with Gasteiger partial charge in [0, 0.05) is 17.8 Å². The minimum Gasteiger partial charge on any atom is -0.432 e. The summed E-state index contributed by atoms with van der Waals surface area (Å²) in [5, 5.41) is 51.1. The summed E-state index contributed by atoms with van der Waals surface area (Å²) in [5.41, 5.74) is 1.44. The van der Waals surface area contributed by atoms with E-state index in [0.717, 1.165) is 5.56 Å². The quantitative estimate of drug-likeness (QED) is 0.238. The summed E-state index contributed by atoms with van der Waals surface area (Å²) < 4.78 is 11.2. The van der Waals surface area contributed by atoms with Gasteiger partial charge in [0.05, 0.1) is 12.2 Å². The highest BCUT2D eigenvalue weighted by atomic mass is 28.4. The van der Waals surface area contributed by atoms with Crippen LogP contribution in [0.3, 0.4) is 0 Å². The van der Waals surface area contributed by atoms with E-state index in [1.807, 2.05) is 19.2 Å². The lowest BCUT2D eigenvalue weighted by atomic mass is 9.95. The Morgan fingerprint density at radius 1 is 1.03 bits per heavy atom. The highest BCUT2D eigenvalue weighted by Crippen LogP contribution is 2.45. The monoisotopic (exact) mass is 499 g/mol. The van der Waals surface area contributed by atoms with Crippen molar-refractivity contribution >= 4 is 19.9 Å². The van der Waals surface area contributed by atoms with Gasteiger partial charge in [-0.1, -0.05) is 19.1 Å². The van der Waals surface area contributed by atoms with Gasteiger partial charge in [0.25, 0.3) is 5.91 Å². The van der Waals surface area contributed by atoms with Gasteiger partial charge in [-0.05, 0) is 56.0 Å². The predicted molar refractivity (Wildman–Crippen MR) is 125 cm³/mol. The standard InChI is InChI=1S/C23H37NO9Si/c1-12-15(32-16(9-10-25)21(12)34(2,3)31)8-7-13-5-4-6-14(11-13)24-22(29)20-18(27)17(26)19(28)23(30)33-20/h4-6,11-12,15-21,23,25-28,30-31H,7-10H2,1-3H3,(H,24,29)/t12-,15+,16-,17+,18+,19-,20+,21+,23-/m1/s1. The van der Waals surface area contributed by atoms with Crippen LogP contribution in [0, 0.1) is 5.92 Å². The first kappa shape index (κ1) is 27.2. The van der Waals surface area contributed by atoms with Crippen molar-refractivity contribution in [2.45, 2.75) is 87.7 Å². The fourth-order valence-electron chi connectivity index (χ4n) is 5.21. The van der Waals surface area contributed by atoms with Gasteiger partial charge in [0.1, 0.15) is 18.3 Å². The maximum atomic E-state index is 12.6. The van der Waals surface area contributed by atoms with Crippen molar-refractivity contribution in [2.24, 2.45) is 5.92 Å². The number of aryl methyl sites for hydroxylation is 1. The van der Waals surface area contributed by atoms with Crippen molar-refractivity contribution in [1.29, 1.82) is 0 Å². The average Bonchev–Trinajstić information content (AvgIpc) is 3.09. The van der Waals surface area contributed by atoms with Gasteiger partial charge in [-0.15, -0.1) is 0 Å². The summed E-state index contributed by atoms with van der Waals surface area (Å²) in [6.07, 6.45) is -6.80. The first-order valence-electron chi connectivity index (χ1n) is 11.7. The molecule has 2 aliphatic rings. The molecule has 0 aromatic heterocycles. The third-order valence-electron chi connectivity index (χ3n) is 6.89. The van der Waals surface area contributed by atoms with E-state index in [0.29, 0.717) is 24.9 Å². The molecule has 2 saturated heterocycles. The van der Waals surface area contributed by atoms with Crippen molar-refractivity contribution in [3.8, 4) is 0 Å². The predicted octanol–water partition coefficient (Wildman–Crippen LogP) is -0.289. The number of aliphatic hydroxyl groups is 5. The molecule has 3 rings (SSSR count). The Morgan fingerprint density at radius 2 is 1.74 bits per heavy atom. The summed E-state index contributed by atoms with van der Waals surface area (Å²) in [5.74, 6) is -0.600. The van der Waals surface area contributed by atoms with Crippen LogP contribution in [0.4, 0.5) is 5.69 Å². The molecule has 1 aromatic rings. The molecule has 34 heavy (non-hydrogen) atoms. The van der Waals surface area contributed by atoms with Gasteiger partial charge in [-0.2, -0.15) is 0 Å². The molecule has 2 fully saturated rings. The number of amides is 1. The number of carbonyl (C=O) groups excluding carboxylic acids is 1. The van der Waals surface area contributed by atoms with Gasteiger partial charge in [0.2, 0.25) is 0 Å². The SMILES string of the molecule is C[C@H]1[C@H]([Si](C)(C)O)[C@@H](CCO)O[C@H]1CCc1cccc(NC(=O)[C@H]2O[C@@H](O)[C@H](O)[C@@H](O)[C@@H]2O)c1. The van der Waals surface area contributed by atoms with Crippen LogP contribution in [0.1, 0.15) is 25.3 Å². The van der Waals surface area contributed by atoms with Crippen molar-refractivity contribution in [1.82, 2.24) is 0 Å². The van der Waals surface area contributed by atoms with E-state index >= 15 is 0 Å². The second kappa shape index (κ2) is 11.1. The second-order valence-corrected chi connectivity index (χ2v) is 13.9. The Morgan fingerprint density at radius 3 is 2.38 bits per heavy atom. The van der Waals surface area contributed by atoms with E-state index < -0.39 is 44.9 Å². The number of ether oxygens (including phenoxy) is 2. The van der Waals surface area contributed by atoms with Crippen LogP contribution in [-0.2, 0) is 20.7 Å². The fourth-order valence-corrected chi connectivity index (χ4v) is 7.87. The number of nitrogens with one attached hydrogen (secondary N) is 1. The van der Waals surface area contributed by atoms with Crippen LogP contribution >= 0.6 is 0 Å². The maximum absolute atomic E-state index is 12.6. The van der Waals surface area contributed by atoms with Gasteiger partial charge in [-0.25, -0.2) is 0 Å². The normalized spacial score (nSPS) is 36.4. The molecule has 0 spiro atoms. The molecule has 1 amide bonds. The number of anilines is 1. The molecule has 9 atom stereocenters. The molecular formula is C23H37NO9Si. The first-order valence-corrected chi connectivity index (χ1v) is 14.7. The van der Waals surface area contributed by atoms with E-state index in [-0.39, 0.29) is 30.3 Å². The van der Waals surface area contributed by atoms with Crippen molar-refractivity contribution in [2.75, 3.05) is 11.9 Å². The summed E-state index contributed by atoms with van der Waals surface area (Å²) >= 11 is 0. The van der Waals surface area contributed by atoms with Gasteiger partial charge in [-0.3, -0.25) is 4.79 Å². The molecule has 11 heteroatoms. The molecular weight excluding hydrogens is 462 g/mol. The van der Waals surface area contributed by atoms with Crippen LogP contribution in [0.25, 0.3) is 0 Å². The van der Waals surface area contributed by atoms with Crippen LogP contribution in [-0.4, -0.2) is 94.1 Å². The third-order valence-corrected chi connectivity index (χ3v) is 9.42. The maximum Gasteiger partial charge on any atom is 0.256 e. The van der Waals surface area contributed by atoms with E-state index in [9.17, 15) is 35.1 Å². The Hall–Kier alpha value is -1.41. The number of hydrogen-bond acceptors (Lipinski definition) is 9. The molecule has 7 N–H and O–H groups in total. The Labute approximate surface area is 200 Å². The molecule has 2 aliphatic heterocycles. The summed E-state index contributed by atoms with van der Waals surface area (Å²) in [6.45, 7) is 5.91. The fraction of sp³-hybridized carbons (Fsp3) is 0.696. The van der Waals surface area contributed by atoms with Crippen LogP contribution < -0.4 is 5.32 Å². The van der Waals surface area contributed by atoms with Crippen molar-refractivity contribution in [3.05, 3.63) is 29.8 Å². The number of hydrogen-bond donors (Lipinski definition) is 7. The van der Waals surface area contributed by atoms with Crippen molar-refractivity contribution in [3.63, 3.8) is 0 Å². The Balaban J connectivity index is 1.61. The van der Waals surface area contributed by atoms with Gasteiger partial charge < -0.3 is 45.1 Å². The lowest BCUT2D eigenvalue weighted by Gasteiger charge is -2.37. The summed E-state index contributed by atoms with van der Waals surface area (Å²) in [7, 11) is -2.47. The number of aliphatic hydroxyl groups excluding tert-OH is 5. The average molecular weight is 500 g/mol. The molecule has 1 aromatic carbocycles. The van der Waals surface area contributed by atoms with Gasteiger partial charge in [0.15, 0.2) is 20.7 Å². The topological polar surface area (TPSA) is 169 Å². The smallest absolute Gasteiger partial charge is 0.256 e. The zero-order chi connectivity index (χ0) is 25.2. The molecule has 0 radical (unpaired) electrons. The highest BCUT2D eigenvalue weighted by molar-refractivity contribution is 6.71. The lowest BCUT2D eigenvalue weighted by molar-refractivity contribution is -0.274. The van der Waals surface area contributed by atoms with Crippen LogP contribution in [0.5, 0.6) is 0 Å². The first-order chi connectivity index (χ1) is 15.9. The number of benzene rings is 1. The minimum absolute atomic E-state index is 0.0131. The highest BCUT2D eigenvalue weighted by Gasteiger charge is 2.49. The summed E-state index contributed by atoms with van der Waals surface area (Å²) in [6, 6.07) is 7.14. The molecule has 0 bridgehead atoms.